The molecule has 6 fully saturated rings. The van der Waals surface area contributed by atoms with Crippen molar-refractivity contribution in [3.8, 4) is 0 Å². The smallest absolute Gasteiger partial charge is 0.418 e. The molecule has 78 heavy (non-hydrogen) atoms. The molecule has 4 saturated heterocycles. The highest BCUT2D eigenvalue weighted by Crippen LogP contribution is 2.44. The third kappa shape index (κ3) is 17.1. The Morgan fingerprint density at radius 3 is 1.47 bits per heavy atom. The lowest BCUT2D eigenvalue weighted by molar-refractivity contribution is -0.929. The van der Waals surface area contributed by atoms with E-state index >= 15 is 0 Å². The number of amidine groups is 1. The lowest BCUT2D eigenvalue weighted by Gasteiger charge is -2.39. The third-order valence-corrected chi connectivity index (χ3v) is 15.4. The summed E-state index contributed by atoms with van der Waals surface area (Å²) in [6.45, 7) is 22.5. The number of quaternary nitrogens is 1. The van der Waals surface area contributed by atoms with Gasteiger partial charge < -0.3 is 43.9 Å². The van der Waals surface area contributed by atoms with Crippen molar-refractivity contribution in [1.82, 2.24) is 45.6 Å². The lowest BCUT2D eigenvalue weighted by atomic mass is 9.80. The number of guanidine groups is 1. The second-order valence-corrected chi connectivity index (χ2v) is 24.1. The van der Waals surface area contributed by atoms with Crippen LogP contribution in [0.15, 0.2) is 18.8 Å². The largest absolute Gasteiger partial charge is 0.724 e. The second kappa shape index (κ2) is 26.8. The molecule has 0 unspecified atom stereocenters. The number of ether oxygens (including phenoxy) is 1. The summed E-state index contributed by atoms with van der Waals surface area (Å²) in [6, 6.07) is -3.36. The first kappa shape index (κ1) is 61.9. The molecule has 2 aromatic heterocycles. The number of unbranched alkanes of at least 4 members (excludes halogenated alkanes) is 4. The van der Waals surface area contributed by atoms with Gasteiger partial charge in [-0.2, -0.15) is 22.8 Å². The molecule has 4 atom stereocenters. The summed E-state index contributed by atoms with van der Waals surface area (Å²) in [4.78, 5) is 48.1. The molecular weight excluding hydrogens is 1060 g/mol. The lowest BCUT2D eigenvalue weighted by Crippen LogP contribution is -2.50. The number of amides is 5. The first-order chi connectivity index (χ1) is 36.7. The number of carbonyl (C=O) groups is 3. The average Bonchev–Trinajstić information content (AvgIpc) is 4.27. The van der Waals surface area contributed by atoms with Gasteiger partial charge >= 0.3 is 28.6 Å². The van der Waals surface area contributed by atoms with Crippen LogP contribution in [0, 0.1) is 0 Å². The Bertz CT molecular complexity index is 2570. The molecule has 6 N–H and O–H groups in total. The Balaban J connectivity index is 0.000000201. The van der Waals surface area contributed by atoms with Crippen molar-refractivity contribution < 1.29 is 66.9 Å². The van der Waals surface area contributed by atoms with Crippen molar-refractivity contribution >= 4 is 50.7 Å². The van der Waals surface area contributed by atoms with Crippen molar-refractivity contribution in [2.75, 3.05) is 39.3 Å². The third-order valence-electron chi connectivity index (χ3n) is 14.7. The molecule has 0 aromatic carbocycles. The highest BCUT2D eigenvalue weighted by atomic mass is 32.3. The summed E-state index contributed by atoms with van der Waals surface area (Å²) in [5.41, 5.74) is 10.1. The summed E-state index contributed by atoms with van der Waals surface area (Å²) in [5, 5.41) is 20.2. The van der Waals surface area contributed by atoms with E-state index in [1.165, 1.54) is 91.8 Å². The number of urea groups is 2. The molecule has 8 rings (SSSR count). The Kier molecular flexibility index (Phi) is 21.3. The van der Waals surface area contributed by atoms with E-state index in [9.17, 15) is 35.8 Å². The van der Waals surface area contributed by atoms with Crippen molar-refractivity contribution in [3.05, 3.63) is 23.6 Å². The molecule has 440 valence electrons. The van der Waals surface area contributed by atoms with Gasteiger partial charge in [-0.25, -0.2) is 22.8 Å². The van der Waals surface area contributed by atoms with E-state index in [4.69, 9.17) is 29.6 Å². The maximum Gasteiger partial charge on any atom is 0.418 e. The summed E-state index contributed by atoms with van der Waals surface area (Å²) in [7, 11) is -9.84. The monoisotopic (exact) mass is 1140 g/mol. The fraction of sp³-hybridized carbons (Fsp3) is 0.812. The molecule has 6 aliphatic rings. The van der Waals surface area contributed by atoms with Crippen molar-refractivity contribution in [3.63, 3.8) is 0 Å². The summed E-state index contributed by atoms with van der Waals surface area (Å²) < 4.78 is 90.4. The number of piperidine rings is 2. The van der Waals surface area contributed by atoms with Crippen LogP contribution in [0.25, 0.3) is 0 Å². The number of aromatic nitrogens is 4. The number of hydroxylamine groups is 4. The number of nitrogens with one attached hydrogen (secondary N) is 1. The molecule has 0 spiro atoms. The van der Waals surface area contributed by atoms with Gasteiger partial charge in [0.15, 0.2) is 5.96 Å². The van der Waals surface area contributed by atoms with Crippen LogP contribution in [0.3, 0.4) is 0 Å². The van der Waals surface area contributed by atoms with Gasteiger partial charge in [0.2, 0.25) is 34.0 Å². The van der Waals surface area contributed by atoms with E-state index in [1.54, 1.807) is 27.7 Å². The van der Waals surface area contributed by atoms with Gasteiger partial charge in [0, 0.05) is 24.9 Å². The average molecular weight is 1140 g/mol. The van der Waals surface area contributed by atoms with E-state index in [0.29, 0.717) is 79.1 Å². The number of nitrogens with two attached hydrogens (primary N) is 2. The maximum absolute atomic E-state index is 12.5. The number of hydrogen-bond donors (Lipinski definition) is 4. The number of aliphatic imine (C=N–C) groups is 2. The van der Waals surface area contributed by atoms with Gasteiger partial charge in [-0.1, -0.05) is 53.4 Å². The topological polar surface area (TPSA) is 370 Å². The van der Waals surface area contributed by atoms with Crippen molar-refractivity contribution in [1.29, 1.82) is 0 Å². The van der Waals surface area contributed by atoms with Gasteiger partial charge in [0.1, 0.15) is 23.5 Å². The molecule has 30 heteroatoms. The van der Waals surface area contributed by atoms with E-state index in [0.717, 1.165) is 0 Å². The van der Waals surface area contributed by atoms with Crippen molar-refractivity contribution in [2.45, 2.75) is 212 Å². The van der Waals surface area contributed by atoms with Crippen LogP contribution >= 0.6 is 0 Å². The first-order valence-electron chi connectivity index (χ1n) is 27.4. The minimum atomic E-state index is -5.06. The molecule has 2 saturated carbocycles. The molecule has 0 radical (unpaired) electrons. The van der Waals surface area contributed by atoms with Gasteiger partial charge in [-0.05, 0) is 105 Å². The zero-order valence-electron chi connectivity index (χ0n) is 46.3. The highest BCUT2D eigenvalue weighted by Gasteiger charge is 2.51. The minimum absolute atomic E-state index is 0.000355. The summed E-state index contributed by atoms with van der Waals surface area (Å²) in [5.74, 6) is 2.00. The number of hydrogen-bond acceptors (Lipinski definition) is 19. The maximum atomic E-state index is 12.5. The van der Waals surface area contributed by atoms with Crippen LogP contribution < -0.4 is 16.8 Å². The zero-order valence-corrected chi connectivity index (χ0v) is 48.0. The Morgan fingerprint density at radius 1 is 0.705 bits per heavy atom. The SMILES string of the molecule is CC(=NC1CC(c2nnc([C@@H]3CC[C@@H]4CN3C(=O)N4OS(=O)(=O)[O-])o2)C1)NC(=O)OC(C)(C)C.CCCC[N+](CCCC)(CCCC)CCCC.NC(N)=NC1CC(c2nnc([C@@H]3CC[C@@H]4CN3C(=O)N4OS(=O)(=O)O)o2)C1. The van der Waals surface area contributed by atoms with Crippen LogP contribution in [-0.4, -0.2) is 170 Å². The number of alkyl carbamates (subject to hydrolysis) is 1. The van der Waals surface area contributed by atoms with Crippen LogP contribution in [0.2, 0.25) is 0 Å². The normalized spacial score (nSPS) is 25.1. The van der Waals surface area contributed by atoms with Crippen LogP contribution in [-0.2, 0) is 34.1 Å². The zero-order chi connectivity index (χ0) is 57.2. The summed E-state index contributed by atoms with van der Waals surface area (Å²) >= 11 is 0. The fourth-order valence-electron chi connectivity index (χ4n) is 10.7. The Morgan fingerprint density at radius 2 is 1.10 bits per heavy atom. The predicted octanol–water partition coefficient (Wildman–Crippen LogP) is 5.86. The number of carbonyl (C=O) groups excluding carboxylic acids is 3. The van der Waals surface area contributed by atoms with Crippen LogP contribution in [0.1, 0.15) is 206 Å². The van der Waals surface area contributed by atoms with Gasteiger partial charge in [0.05, 0.1) is 50.3 Å². The van der Waals surface area contributed by atoms with Gasteiger partial charge in [0.25, 0.3) is 0 Å². The van der Waals surface area contributed by atoms with E-state index in [2.05, 4.69) is 72.0 Å². The molecule has 2 aliphatic carbocycles. The Labute approximate surface area is 457 Å². The van der Waals surface area contributed by atoms with Crippen LogP contribution in [0.4, 0.5) is 14.4 Å². The van der Waals surface area contributed by atoms with Gasteiger partial charge in [-0.3, -0.25) is 19.9 Å². The van der Waals surface area contributed by atoms with Crippen LogP contribution in [0.5, 0.6) is 0 Å². The molecule has 28 nitrogen and oxygen atoms in total. The summed E-state index contributed by atoms with van der Waals surface area (Å²) in [6.07, 6.45) is 15.1. The van der Waals surface area contributed by atoms with Crippen molar-refractivity contribution in [2.24, 2.45) is 21.5 Å². The molecule has 4 bridgehead atoms. The molecular formula is C48H82N14O14S2. The number of rotatable bonds is 22. The van der Waals surface area contributed by atoms with E-state index in [1.807, 2.05) is 0 Å². The quantitative estimate of drug-likeness (QED) is 0.0352. The van der Waals surface area contributed by atoms with E-state index < -0.39 is 68.7 Å². The molecule has 4 aliphatic heterocycles. The fourth-order valence-corrected chi connectivity index (χ4v) is 11.4. The van der Waals surface area contributed by atoms with Gasteiger partial charge in [-0.15, -0.1) is 24.7 Å². The first-order valence-corrected chi connectivity index (χ1v) is 30.1. The molecule has 5 amide bonds. The molecule has 2 aromatic rings. The predicted molar refractivity (Wildman–Crippen MR) is 281 cm³/mol. The number of nitrogens with zero attached hydrogens (tertiary/aromatic N) is 11. The number of fused-ring (bicyclic) bond motifs is 4. The highest BCUT2D eigenvalue weighted by molar-refractivity contribution is 7.81. The molecule has 6 heterocycles. The second-order valence-electron chi connectivity index (χ2n) is 22.1. The standard InChI is InChI=1S/C19H28N6O8S.C16H36N.C13H19N7O6S/c1-10(21-17(26)32-19(2,3)4)20-12-7-11(8-12)15-22-23-16(31-15)14-6-5-13-9-24(14)18(27)25(13)33-34(28,29)30;1-5-9-13-17(14-10-6-2,15-11-7-3)16-12-8-4;14-12(15)16-7-3-6(4-7)10-17-18-11(25-10)9-2-1-8-5-19(9)13(21)20(8)26-27(22,23)24/h11-14H,5-9H2,1-4H3,(H,20,21,26)(H,28,29,30);5-16H2,1-4H3;6-9H,1-5H2,(H4,14,15,16)(H,22,23,24)/q;+1;/p-1/t11?,12?,13-,14+;;6?,7?,8-,9+/m1.1/s1. The Hall–Kier alpha value is -5.27. The van der Waals surface area contributed by atoms with E-state index in [-0.39, 0.29) is 54.8 Å². The minimum Gasteiger partial charge on any atom is -0.724 e.